The van der Waals surface area contributed by atoms with Crippen molar-refractivity contribution in [3.63, 3.8) is 0 Å². The predicted molar refractivity (Wildman–Crippen MR) is 48.3 cm³/mol. The summed E-state index contributed by atoms with van der Waals surface area (Å²) < 4.78 is 5.49. The molecule has 1 heterocycles. The van der Waals surface area contributed by atoms with Crippen molar-refractivity contribution in [2.24, 2.45) is 22.9 Å². The van der Waals surface area contributed by atoms with Gasteiger partial charge >= 0.3 is 0 Å². The quantitative estimate of drug-likeness (QED) is 0.617. The van der Waals surface area contributed by atoms with Crippen molar-refractivity contribution in [1.29, 1.82) is 0 Å². The number of fused-ring (bicyclic) bond motifs is 5. The van der Waals surface area contributed by atoms with Gasteiger partial charge in [-0.3, -0.25) is 0 Å². The van der Waals surface area contributed by atoms with Crippen molar-refractivity contribution in [1.82, 2.24) is 0 Å². The minimum absolute atomic E-state index is 0.361. The summed E-state index contributed by atoms with van der Waals surface area (Å²) in [5, 5.41) is 4.05. The van der Waals surface area contributed by atoms with Crippen LogP contribution in [0.5, 0.6) is 0 Å². The van der Waals surface area contributed by atoms with Crippen LogP contribution in [0.1, 0.15) is 26.2 Å². The van der Waals surface area contributed by atoms with Crippen LogP contribution in [0.4, 0.5) is 0 Å². The Morgan fingerprint density at radius 1 is 1.46 bits per heavy atom. The van der Waals surface area contributed by atoms with Crippen molar-refractivity contribution in [3.05, 3.63) is 0 Å². The van der Waals surface area contributed by atoms with E-state index in [-0.39, 0.29) is 0 Å². The zero-order valence-corrected chi connectivity index (χ0v) is 7.90. The summed E-state index contributed by atoms with van der Waals surface area (Å²) in [7, 11) is 0. The van der Waals surface area contributed by atoms with Gasteiger partial charge in [-0.2, -0.15) is 0 Å². The lowest BCUT2D eigenvalue weighted by Gasteiger charge is -2.22. The second kappa shape index (κ2) is 2.63. The molecule has 0 amide bonds. The van der Waals surface area contributed by atoms with Gasteiger partial charge < -0.3 is 9.57 Å². The Labute approximate surface area is 78.1 Å². The minimum atomic E-state index is 0.361. The third-order valence-electron chi connectivity index (χ3n) is 3.68. The van der Waals surface area contributed by atoms with E-state index >= 15 is 0 Å². The van der Waals surface area contributed by atoms with Crippen LogP contribution in [0.2, 0.25) is 0 Å². The lowest BCUT2D eigenvalue weighted by atomic mass is 9.87. The van der Waals surface area contributed by atoms with Gasteiger partial charge in [-0.15, -0.1) is 0 Å². The normalized spacial score (nSPS) is 45.8. The highest BCUT2D eigenvalue weighted by atomic mass is 16.7. The molecule has 72 valence electrons. The number of oxime groups is 1. The Morgan fingerprint density at radius 2 is 2.31 bits per heavy atom. The molecule has 0 radical (unpaired) electrons. The second-order valence-corrected chi connectivity index (χ2v) is 4.29. The lowest BCUT2D eigenvalue weighted by Crippen LogP contribution is -2.30. The van der Waals surface area contributed by atoms with E-state index in [0.29, 0.717) is 18.6 Å². The largest absolute Gasteiger partial charge is 0.479 e. The van der Waals surface area contributed by atoms with Crippen molar-refractivity contribution in [3.8, 4) is 0 Å². The van der Waals surface area contributed by atoms with E-state index in [0.717, 1.165) is 17.7 Å². The van der Waals surface area contributed by atoms with Crippen LogP contribution in [-0.2, 0) is 9.57 Å². The summed E-state index contributed by atoms with van der Waals surface area (Å²) in [6, 6.07) is 0. The molecule has 2 saturated carbocycles. The maximum atomic E-state index is 5.49. The molecule has 3 heteroatoms. The van der Waals surface area contributed by atoms with Gasteiger partial charge in [0, 0.05) is 0 Å². The summed E-state index contributed by atoms with van der Waals surface area (Å²) in [6.07, 6.45) is 4.38. The van der Waals surface area contributed by atoms with Crippen LogP contribution in [0.25, 0.3) is 0 Å². The van der Waals surface area contributed by atoms with Crippen molar-refractivity contribution in [2.75, 3.05) is 6.61 Å². The topological polar surface area (TPSA) is 30.8 Å². The molecule has 0 aromatic rings. The molecule has 13 heavy (non-hydrogen) atoms. The van der Waals surface area contributed by atoms with Gasteiger partial charge in [-0.25, -0.2) is 0 Å². The molecule has 0 N–H and O–H groups in total. The molecular weight excluding hydrogens is 166 g/mol. The van der Waals surface area contributed by atoms with E-state index in [9.17, 15) is 0 Å². The van der Waals surface area contributed by atoms with E-state index in [2.05, 4.69) is 5.16 Å². The fraction of sp³-hybridized carbons (Fsp3) is 0.900. The molecular formula is C10H15NO2. The molecule has 3 nitrogen and oxygen atoms in total. The molecule has 4 atom stereocenters. The molecule has 2 fully saturated rings. The number of hydrogen-bond acceptors (Lipinski definition) is 3. The van der Waals surface area contributed by atoms with E-state index in [1.807, 2.05) is 6.92 Å². The Balaban J connectivity index is 1.81. The molecule has 2 bridgehead atoms. The summed E-state index contributed by atoms with van der Waals surface area (Å²) in [4.78, 5) is 5.44. The maximum Gasteiger partial charge on any atom is 0.232 e. The SMILES string of the molecule is CCOC1=NO[C@@H]2[C@H]3CC[C@@H](C3)[C@H]12. The van der Waals surface area contributed by atoms with E-state index in [1.165, 1.54) is 19.3 Å². The molecule has 0 saturated heterocycles. The number of rotatable bonds is 1. The minimum Gasteiger partial charge on any atom is -0.479 e. The van der Waals surface area contributed by atoms with Crippen LogP contribution in [0.15, 0.2) is 5.16 Å². The fourth-order valence-electron chi connectivity index (χ4n) is 3.18. The molecule has 0 aromatic carbocycles. The Bertz CT molecular complexity index is 251. The molecule has 0 aromatic heterocycles. The first-order chi connectivity index (χ1) is 6.40. The third-order valence-corrected chi connectivity index (χ3v) is 3.68. The fourth-order valence-corrected chi connectivity index (χ4v) is 3.18. The molecule has 3 aliphatic rings. The summed E-state index contributed by atoms with van der Waals surface area (Å²) in [6.45, 7) is 2.71. The number of nitrogens with zero attached hydrogens (tertiary/aromatic N) is 1. The van der Waals surface area contributed by atoms with Crippen molar-refractivity contribution >= 4 is 5.90 Å². The zero-order valence-electron chi connectivity index (χ0n) is 7.90. The first-order valence-electron chi connectivity index (χ1n) is 5.26. The Hall–Kier alpha value is -0.730. The van der Waals surface area contributed by atoms with Gasteiger partial charge in [0.15, 0.2) is 0 Å². The third kappa shape index (κ3) is 0.930. The van der Waals surface area contributed by atoms with Crippen molar-refractivity contribution in [2.45, 2.75) is 32.3 Å². The van der Waals surface area contributed by atoms with E-state index < -0.39 is 0 Å². The molecule has 3 rings (SSSR count). The Morgan fingerprint density at radius 3 is 3.15 bits per heavy atom. The van der Waals surface area contributed by atoms with Gasteiger partial charge in [-0.05, 0) is 38.0 Å². The average Bonchev–Trinajstić information content (AvgIpc) is 2.74. The van der Waals surface area contributed by atoms with Crippen LogP contribution in [0, 0.1) is 17.8 Å². The standard InChI is InChI=1S/C10H15NO2/c1-2-12-10-8-6-3-4-7(5-6)9(8)13-11-10/h6-9H,2-5H2,1H3/t6-,7-,8-,9+/m0/s1. The first kappa shape index (κ1) is 7.65. The van der Waals surface area contributed by atoms with Crippen LogP contribution >= 0.6 is 0 Å². The molecule has 0 unspecified atom stereocenters. The molecule has 0 spiro atoms. The molecule has 1 aliphatic heterocycles. The predicted octanol–water partition coefficient (Wildman–Crippen LogP) is 1.78. The number of ether oxygens (including phenoxy) is 1. The summed E-state index contributed by atoms with van der Waals surface area (Å²) >= 11 is 0. The highest BCUT2D eigenvalue weighted by Gasteiger charge is 2.55. The average molecular weight is 181 g/mol. The monoisotopic (exact) mass is 181 g/mol. The number of hydrogen-bond donors (Lipinski definition) is 0. The van der Waals surface area contributed by atoms with Crippen LogP contribution in [-0.4, -0.2) is 18.6 Å². The van der Waals surface area contributed by atoms with Crippen LogP contribution in [0.3, 0.4) is 0 Å². The van der Waals surface area contributed by atoms with Crippen molar-refractivity contribution < 1.29 is 9.57 Å². The lowest BCUT2D eigenvalue weighted by molar-refractivity contribution is 0.0274. The van der Waals surface area contributed by atoms with Gasteiger partial charge in [-0.1, -0.05) is 5.16 Å². The highest BCUT2D eigenvalue weighted by Crippen LogP contribution is 2.52. The first-order valence-corrected chi connectivity index (χ1v) is 5.26. The summed E-state index contributed by atoms with van der Waals surface area (Å²) in [5.41, 5.74) is 0. The highest BCUT2D eigenvalue weighted by molar-refractivity contribution is 5.81. The second-order valence-electron chi connectivity index (χ2n) is 4.29. The van der Waals surface area contributed by atoms with Gasteiger partial charge in [0.2, 0.25) is 5.90 Å². The van der Waals surface area contributed by atoms with Crippen LogP contribution < -0.4 is 0 Å². The van der Waals surface area contributed by atoms with E-state index in [1.54, 1.807) is 0 Å². The zero-order chi connectivity index (χ0) is 8.84. The van der Waals surface area contributed by atoms with Gasteiger partial charge in [0.25, 0.3) is 0 Å². The Kier molecular flexibility index (Phi) is 1.55. The summed E-state index contributed by atoms with van der Waals surface area (Å²) in [5.74, 6) is 2.93. The van der Waals surface area contributed by atoms with Gasteiger partial charge in [0.1, 0.15) is 6.10 Å². The van der Waals surface area contributed by atoms with E-state index in [4.69, 9.17) is 9.57 Å². The van der Waals surface area contributed by atoms with Gasteiger partial charge in [0.05, 0.1) is 12.5 Å². The molecule has 2 aliphatic carbocycles. The smallest absolute Gasteiger partial charge is 0.232 e. The maximum absolute atomic E-state index is 5.49.